The van der Waals surface area contributed by atoms with Gasteiger partial charge in [-0.3, -0.25) is 4.79 Å². The molecule has 1 N–H and O–H groups in total. The third-order valence-electron chi connectivity index (χ3n) is 3.45. The first-order chi connectivity index (χ1) is 9.70. The summed E-state index contributed by atoms with van der Waals surface area (Å²) >= 11 is 0. The van der Waals surface area contributed by atoms with Gasteiger partial charge < -0.3 is 15.1 Å². The molecule has 0 atom stereocenters. The summed E-state index contributed by atoms with van der Waals surface area (Å²) in [4.78, 5) is 16.5. The van der Waals surface area contributed by atoms with Gasteiger partial charge in [-0.1, -0.05) is 6.92 Å². The molecule has 1 aromatic rings. The normalized spacial score (nSPS) is 16.8. The second kappa shape index (κ2) is 7.19. The molecule has 20 heavy (non-hydrogen) atoms. The number of hydrogen-bond donors (Lipinski definition) is 1. The van der Waals surface area contributed by atoms with Crippen molar-refractivity contribution in [2.75, 3.05) is 45.1 Å². The van der Waals surface area contributed by atoms with Crippen LogP contribution in [0.1, 0.15) is 30.3 Å². The molecule has 0 radical (unpaired) electrons. The van der Waals surface area contributed by atoms with Crippen molar-refractivity contribution in [1.29, 1.82) is 0 Å². The molecule has 0 bridgehead atoms. The third kappa shape index (κ3) is 3.90. The first-order valence-corrected chi connectivity index (χ1v) is 7.26. The third-order valence-corrected chi connectivity index (χ3v) is 3.45. The summed E-state index contributed by atoms with van der Waals surface area (Å²) in [6.45, 7) is 6.45. The minimum Gasteiger partial charge on any atom is -0.369 e. The number of carbonyl (C=O) groups is 1. The summed E-state index contributed by atoms with van der Waals surface area (Å²) in [5.41, 5.74) is 0.427. The smallest absolute Gasteiger partial charge is 0.274 e. The van der Waals surface area contributed by atoms with Crippen LogP contribution >= 0.6 is 0 Å². The number of nitrogens with zero attached hydrogens (tertiary/aromatic N) is 4. The predicted octanol–water partition coefficient (Wildman–Crippen LogP) is 1.08. The maximum absolute atomic E-state index is 12.4. The van der Waals surface area contributed by atoms with E-state index >= 15 is 0 Å². The molecule has 0 spiro atoms. The summed E-state index contributed by atoms with van der Waals surface area (Å²) in [5, 5.41) is 11.2. The van der Waals surface area contributed by atoms with Crippen LogP contribution in [0.25, 0.3) is 0 Å². The topological polar surface area (TPSA) is 61.4 Å². The van der Waals surface area contributed by atoms with Gasteiger partial charge in [0.05, 0.1) is 0 Å². The Balaban J connectivity index is 1.97. The van der Waals surface area contributed by atoms with Crippen LogP contribution in [0.15, 0.2) is 12.1 Å². The van der Waals surface area contributed by atoms with Gasteiger partial charge in [-0.2, -0.15) is 0 Å². The highest BCUT2D eigenvalue weighted by Gasteiger charge is 2.20. The van der Waals surface area contributed by atoms with E-state index in [4.69, 9.17) is 0 Å². The number of rotatable bonds is 4. The van der Waals surface area contributed by atoms with Crippen LogP contribution in [0.4, 0.5) is 5.82 Å². The Morgan fingerprint density at radius 2 is 2.10 bits per heavy atom. The molecular formula is C14H23N5O. The lowest BCUT2D eigenvalue weighted by Gasteiger charge is -2.19. The lowest BCUT2D eigenvalue weighted by molar-refractivity contribution is 0.0756. The minimum absolute atomic E-state index is 0.0187. The van der Waals surface area contributed by atoms with Gasteiger partial charge in [0, 0.05) is 26.2 Å². The van der Waals surface area contributed by atoms with Gasteiger partial charge in [0.25, 0.3) is 5.91 Å². The lowest BCUT2D eigenvalue weighted by Crippen LogP contribution is -2.35. The van der Waals surface area contributed by atoms with Gasteiger partial charge in [-0.25, -0.2) is 0 Å². The fraction of sp³-hybridized carbons (Fsp3) is 0.643. The lowest BCUT2D eigenvalue weighted by atomic mass is 10.3. The molecule has 6 heteroatoms. The van der Waals surface area contributed by atoms with E-state index in [0.29, 0.717) is 5.69 Å². The molecule has 0 aromatic carbocycles. The second-order valence-electron chi connectivity index (χ2n) is 5.18. The molecule has 2 heterocycles. The SMILES string of the molecule is CCCNc1ccc(C(=O)N2CCCN(C)CC2)nn1. The highest BCUT2D eigenvalue weighted by Crippen LogP contribution is 2.08. The summed E-state index contributed by atoms with van der Waals surface area (Å²) in [7, 11) is 2.09. The number of likely N-dealkylation sites (N-methyl/N-ethyl adjacent to an activating group) is 1. The van der Waals surface area contributed by atoms with Crippen LogP contribution in [0.3, 0.4) is 0 Å². The number of nitrogens with one attached hydrogen (secondary N) is 1. The molecule has 1 fully saturated rings. The molecule has 1 amide bonds. The van der Waals surface area contributed by atoms with E-state index in [2.05, 4.69) is 34.4 Å². The highest BCUT2D eigenvalue weighted by molar-refractivity contribution is 5.92. The fourth-order valence-electron chi connectivity index (χ4n) is 2.21. The molecule has 6 nitrogen and oxygen atoms in total. The Labute approximate surface area is 120 Å². The molecule has 1 saturated heterocycles. The van der Waals surface area contributed by atoms with Crippen LogP contribution in [0, 0.1) is 0 Å². The number of anilines is 1. The summed E-state index contributed by atoms with van der Waals surface area (Å²) < 4.78 is 0. The van der Waals surface area contributed by atoms with Crippen molar-refractivity contribution >= 4 is 11.7 Å². The average Bonchev–Trinajstić information content (AvgIpc) is 2.70. The van der Waals surface area contributed by atoms with Crippen LogP contribution in [0.2, 0.25) is 0 Å². The van der Waals surface area contributed by atoms with Crippen LogP contribution < -0.4 is 5.32 Å². The first-order valence-electron chi connectivity index (χ1n) is 7.26. The van der Waals surface area contributed by atoms with Crippen LogP contribution in [-0.2, 0) is 0 Å². The Kier molecular flexibility index (Phi) is 5.29. The molecule has 1 aliphatic heterocycles. The molecular weight excluding hydrogens is 254 g/mol. The maximum Gasteiger partial charge on any atom is 0.274 e. The minimum atomic E-state index is -0.0187. The molecule has 0 unspecified atom stereocenters. The van der Waals surface area contributed by atoms with Crippen molar-refractivity contribution in [3.8, 4) is 0 Å². The Hall–Kier alpha value is -1.69. The van der Waals surface area contributed by atoms with E-state index in [-0.39, 0.29) is 5.91 Å². The molecule has 0 saturated carbocycles. The highest BCUT2D eigenvalue weighted by atomic mass is 16.2. The van der Waals surface area contributed by atoms with Gasteiger partial charge in [-0.15, -0.1) is 10.2 Å². The van der Waals surface area contributed by atoms with E-state index in [1.54, 1.807) is 6.07 Å². The molecule has 0 aliphatic carbocycles. The standard InChI is InChI=1S/C14H23N5O/c1-3-7-15-13-6-5-12(16-17-13)14(20)19-9-4-8-18(2)10-11-19/h5-6H,3-4,7-11H2,1-2H3,(H,15,17). The van der Waals surface area contributed by atoms with E-state index in [1.807, 2.05) is 11.0 Å². The zero-order valence-corrected chi connectivity index (χ0v) is 12.3. The average molecular weight is 277 g/mol. The Bertz CT molecular complexity index is 434. The van der Waals surface area contributed by atoms with Crippen LogP contribution in [0.5, 0.6) is 0 Å². The van der Waals surface area contributed by atoms with Crippen molar-refractivity contribution in [3.05, 3.63) is 17.8 Å². The number of carbonyl (C=O) groups excluding carboxylic acids is 1. The molecule has 2 rings (SSSR count). The van der Waals surface area contributed by atoms with Crippen molar-refractivity contribution in [3.63, 3.8) is 0 Å². The largest absolute Gasteiger partial charge is 0.369 e. The first kappa shape index (κ1) is 14.7. The zero-order valence-electron chi connectivity index (χ0n) is 12.3. The van der Waals surface area contributed by atoms with E-state index in [9.17, 15) is 4.79 Å². The Morgan fingerprint density at radius 1 is 1.25 bits per heavy atom. The van der Waals surface area contributed by atoms with Gasteiger partial charge in [0.1, 0.15) is 5.82 Å². The van der Waals surface area contributed by atoms with E-state index in [1.165, 1.54) is 0 Å². The van der Waals surface area contributed by atoms with Gasteiger partial charge in [-0.05, 0) is 38.6 Å². The van der Waals surface area contributed by atoms with Gasteiger partial charge in [0.15, 0.2) is 5.69 Å². The van der Waals surface area contributed by atoms with Crippen molar-refractivity contribution < 1.29 is 4.79 Å². The van der Waals surface area contributed by atoms with E-state index < -0.39 is 0 Å². The van der Waals surface area contributed by atoms with Gasteiger partial charge >= 0.3 is 0 Å². The molecule has 110 valence electrons. The molecule has 1 aliphatic rings. The summed E-state index contributed by atoms with van der Waals surface area (Å²) in [6, 6.07) is 3.57. The van der Waals surface area contributed by atoms with E-state index in [0.717, 1.165) is 51.4 Å². The summed E-state index contributed by atoms with van der Waals surface area (Å²) in [6.07, 6.45) is 2.04. The summed E-state index contributed by atoms with van der Waals surface area (Å²) in [5.74, 6) is 0.703. The fourth-order valence-corrected chi connectivity index (χ4v) is 2.21. The van der Waals surface area contributed by atoms with Crippen molar-refractivity contribution in [1.82, 2.24) is 20.0 Å². The zero-order chi connectivity index (χ0) is 14.4. The van der Waals surface area contributed by atoms with Crippen molar-refractivity contribution in [2.24, 2.45) is 0 Å². The number of aromatic nitrogens is 2. The van der Waals surface area contributed by atoms with Crippen LogP contribution in [-0.4, -0.2) is 65.7 Å². The van der Waals surface area contributed by atoms with Crippen molar-refractivity contribution in [2.45, 2.75) is 19.8 Å². The quantitative estimate of drug-likeness (QED) is 0.892. The second-order valence-corrected chi connectivity index (χ2v) is 5.18. The predicted molar refractivity (Wildman–Crippen MR) is 78.8 cm³/mol. The Morgan fingerprint density at radius 3 is 2.80 bits per heavy atom. The maximum atomic E-state index is 12.4. The number of amides is 1. The monoisotopic (exact) mass is 277 g/mol. The molecule has 1 aromatic heterocycles. The number of hydrogen-bond acceptors (Lipinski definition) is 5. The van der Waals surface area contributed by atoms with Gasteiger partial charge in [0.2, 0.25) is 0 Å².